The Labute approximate surface area is 192 Å². The van der Waals surface area contributed by atoms with E-state index in [2.05, 4.69) is 15.0 Å². The van der Waals surface area contributed by atoms with E-state index in [1.807, 2.05) is 25.7 Å². The van der Waals surface area contributed by atoms with Crippen molar-refractivity contribution < 1.29 is 23.8 Å². The van der Waals surface area contributed by atoms with Crippen LogP contribution >= 0.6 is 0 Å². The third-order valence-corrected chi connectivity index (χ3v) is 5.58. The number of hydrogen-bond acceptors (Lipinski definition) is 8. The summed E-state index contributed by atoms with van der Waals surface area (Å²) < 4.78 is 16.4. The van der Waals surface area contributed by atoms with Crippen molar-refractivity contribution >= 4 is 23.6 Å². The largest absolute Gasteiger partial charge is 0.469 e. The molecular weight excluding hydrogens is 426 g/mol. The Kier molecular flexibility index (Phi) is 6.37. The lowest BCUT2D eigenvalue weighted by Crippen LogP contribution is -2.42. The molecule has 2 aromatic rings. The van der Waals surface area contributed by atoms with E-state index in [0.29, 0.717) is 67.8 Å². The van der Waals surface area contributed by atoms with Crippen molar-refractivity contribution in [3.05, 3.63) is 29.8 Å². The van der Waals surface area contributed by atoms with Gasteiger partial charge >= 0.3 is 6.09 Å². The van der Waals surface area contributed by atoms with Crippen LogP contribution in [0, 0.1) is 0 Å². The molecule has 0 aliphatic carbocycles. The Morgan fingerprint density at radius 2 is 1.88 bits per heavy atom. The molecule has 2 aliphatic rings. The molecule has 3 heterocycles. The zero-order valence-electron chi connectivity index (χ0n) is 19.4. The zero-order chi connectivity index (χ0) is 23.6. The van der Waals surface area contributed by atoms with Crippen LogP contribution in [0.3, 0.4) is 0 Å². The van der Waals surface area contributed by atoms with Crippen LogP contribution in [0.4, 0.5) is 16.4 Å². The quantitative estimate of drug-likeness (QED) is 0.750. The van der Waals surface area contributed by atoms with Crippen molar-refractivity contribution in [2.45, 2.75) is 26.4 Å². The van der Waals surface area contributed by atoms with Crippen LogP contribution in [0.2, 0.25) is 0 Å². The molecule has 10 nitrogen and oxygen atoms in total. The van der Waals surface area contributed by atoms with Gasteiger partial charge in [-0.3, -0.25) is 10.1 Å². The average Bonchev–Trinajstić information content (AvgIpc) is 2.92. The van der Waals surface area contributed by atoms with Gasteiger partial charge in [-0.1, -0.05) is 12.1 Å². The highest BCUT2D eigenvalue weighted by atomic mass is 16.5. The fourth-order valence-corrected chi connectivity index (χ4v) is 3.93. The van der Waals surface area contributed by atoms with Crippen LogP contribution in [-0.4, -0.2) is 79.0 Å². The van der Waals surface area contributed by atoms with Crippen LogP contribution < -0.4 is 15.0 Å². The number of benzene rings is 1. The van der Waals surface area contributed by atoms with Crippen LogP contribution in [0.5, 0.6) is 5.88 Å². The Morgan fingerprint density at radius 1 is 1.18 bits per heavy atom. The Bertz CT molecular complexity index is 1030. The summed E-state index contributed by atoms with van der Waals surface area (Å²) >= 11 is 0. The van der Waals surface area contributed by atoms with E-state index in [4.69, 9.17) is 14.5 Å². The van der Waals surface area contributed by atoms with Crippen LogP contribution in [0.15, 0.2) is 24.3 Å². The van der Waals surface area contributed by atoms with E-state index in [-0.39, 0.29) is 11.8 Å². The van der Waals surface area contributed by atoms with Crippen molar-refractivity contribution in [1.29, 1.82) is 0 Å². The van der Waals surface area contributed by atoms with Gasteiger partial charge in [0, 0.05) is 30.9 Å². The van der Waals surface area contributed by atoms with Crippen molar-refractivity contribution in [3.8, 4) is 17.1 Å². The molecule has 1 saturated heterocycles. The van der Waals surface area contributed by atoms with Gasteiger partial charge in [-0.2, -0.15) is 4.98 Å². The molecule has 1 N–H and O–H groups in total. The molecule has 1 aromatic heterocycles. The lowest BCUT2D eigenvalue weighted by atomic mass is 10.0. The van der Waals surface area contributed by atoms with Crippen molar-refractivity contribution in [1.82, 2.24) is 14.9 Å². The second kappa shape index (κ2) is 9.22. The standard InChI is InChI=1S/C23H29N5O5/c1-5-27-14-23(2,3)33-19-17(20(27)29)18(25-21(26-19)28-10-12-32-13-11-28)15-6-8-16(9-7-15)24-22(30)31-4/h6-9H,5,10-14H2,1-4H3,(H,24,30). The van der Waals surface area contributed by atoms with Gasteiger partial charge in [-0.05, 0) is 32.9 Å². The van der Waals surface area contributed by atoms with Gasteiger partial charge in [-0.15, -0.1) is 0 Å². The normalized spacial score (nSPS) is 17.6. The van der Waals surface area contributed by atoms with Crippen molar-refractivity contribution in [3.63, 3.8) is 0 Å². The number of nitrogens with one attached hydrogen (secondary N) is 1. The lowest BCUT2D eigenvalue weighted by molar-refractivity contribution is 0.0541. The summed E-state index contributed by atoms with van der Waals surface area (Å²) in [5.74, 6) is 0.611. The summed E-state index contributed by atoms with van der Waals surface area (Å²) in [6.07, 6.45) is -0.558. The molecule has 1 aromatic carbocycles. The number of carbonyl (C=O) groups is 2. The Morgan fingerprint density at radius 3 is 2.52 bits per heavy atom. The molecule has 0 atom stereocenters. The maximum atomic E-state index is 13.5. The molecule has 10 heteroatoms. The summed E-state index contributed by atoms with van der Waals surface area (Å²) in [6.45, 7) is 9.27. The number of rotatable bonds is 4. The lowest BCUT2D eigenvalue weighted by Gasteiger charge is -2.29. The van der Waals surface area contributed by atoms with Gasteiger partial charge in [0.05, 0.1) is 32.6 Å². The molecular formula is C23H29N5O5. The van der Waals surface area contributed by atoms with Crippen LogP contribution in [0.25, 0.3) is 11.3 Å². The van der Waals surface area contributed by atoms with Gasteiger partial charge < -0.3 is 24.0 Å². The summed E-state index contributed by atoms with van der Waals surface area (Å²) in [5.41, 5.74) is 1.50. The van der Waals surface area contributed by atoms with Gasteiger partial charge in [0.2, 0.25) is 11.8 Å². The second-order valence-corrected chi connectivity index (χ2v) is 8.53. The van der Waals surface area contributed by atoms with Gasteiger partial charge in [0.1, 0.15) is 11.2 Å². The number of aromatic nitrogens is 2. The Balaban J connectivity index is 1.84. The van der Waals surface area contributed by atoms with Gasteiger partial charge in [0.15, 0.2) is 0 Å². The predicted octanol–water partition coefficient (Wildman–Crippen LogP) is 2.79. The van der Waals surface area contributed by atoms with E-state index in [0.717, 1.165) is 0 Å². The number of nitrogens with zero attached hydrogens (tertiary/aromatic N) is 4. The van der Waals surface area contributed by atoms with E-state index in [9.17, 15) is 9.59 Å². The van der Waals surface area contributed by atoms with E-state index in [1.165, 1.54) is 7.11 Å². The van der Waals surface area contributed by atoms with Crippen molar-refractivity contribution in [2.75, 3.05) is 56.7 Å². The minimum Gasteiger partial charge on any atom is -0.469 e. The SMILES string of the molecule is CCN1CC(C)(C)Oc2nc(N3CCOCC3)nc(-c3ccc(NC(=O)OC)cc3)c2C1=O. The van der Waals surface area contributed by atoms with E-state index >= 15 is 0 Å². The predicted molar refractivity (Wildman–Crippen MR) is 123 cm³/mol. The first-order valence-corrected chi connectivity index (χ1v) is 11.0. The number of likely N-dealkylation sites (N-methyl/N-ethyl adjacent to an activating group) is 1. The Hall–Kier alpha value is -3.40. The average molecular weight is 456 g/mol. The number of hydrogen-bond donors (Lipinski definition) is 1. The zero-order valence-corrected chi connectivity index (χ0v) is 19.4. The number of ether oxygens (including phenoxy) is 3. The summed E-state index contributed by atoms with van der Waals surface area (Å²) in [4.78, 5) is 38.3. The molecule has 0 saturated carbocycles. The molecule has 2 aliphatic heterocycles. The molecule has 33 heavy (non-hydrogen) atoms. The first kappa shape index (κ1) is 22.8. The summed E-state index contributed by atoms with van der Waals surface area (Å²) in [5, 5.41) is 2.63. The number of fused-ring (bicyclic) bond motifs is 1. The minimum atomic E-state index is -0.612. The fourth-order valence-electron chi connectivity index (χ4n) is 3.93. The highest BCUT2D eigenvalue weighted by Crippen LogP contribution is 2.36. The van der Waals surface area contributed by atoms with E-state index < -0.39 is 11.7 Å². The first-order valence-electron chi connectivity index (χ1n) is 11.0. The topological polar surface area (TPSA) is 106 Å². The highest BCUT2D eigenvalue weighted by Gasteiger charge is 2.37. The molecule has 4 rings (SSSR count). The van der Waals surface area contributed by atoms with Crippen molar-refractivity contribution in [2.24, 2.45) is 0 Å². The maximum Gasteiger partial charge on any atom is 0.411 e. The third-order valence-electron chi connectivity index (χ3n) is 5.58. The number of amides is 2. The molecule has 2 amide bonds. The summed E-state index contributed by atoms with van der Waals surface area (Å²) in [6, 6.07) is 7.07. The fraction of sp³-hybridized carbons (Fsp3) is 0.478. The molecule has 0 unspecified atom stereocenters. The third kappa shape index (κ3) is 4.85. The monoisotopic (exact) mass is 455 g/mol. The molecule has 1 fully saturated rings. The summed E-state index contributed by atoms with van der Waals surface area (Å²) in [7, 11) is 1.31. The molecule has 0 radical (unpaired) electrons. The maximum absolute atomic E-state index is 13.5. The molecule has 0 bridgehead atoms. The first-order chi connectivity index (χ1) is 15.8. The minimum absolute atomic E-state index is 0.168. The van der Waals surface area contributed by atoms with E-state index in [1.54, 1.807) is 29.2 Å². The molecule has 0 spiro atoms. The number of carbonyl (C=O) groups excluding carboxylic acids is 2. The van der Waals surface area contributed by atoms with Crippen LogP contribution in [-0.2, 0) is 9.47 Å². The highest BCUT2D eigenvalue weighted by molar-refractivity contribution is 6.02. The van der Waals surface area contributed by atoms with Crippen LogP contribution in [0.1, 0.15) is 31.1 Å². The van der Waals surface area contributed by atoms with Gasteiger partial charge in [0.25, 0.3) is 5.91 Å². The smallest absolute Gasteiger partial charge is 0.411 e. The number of anilines is 2. The second-order valence-electron chi connectivity index (χ2n) is 8.53. The molecule has 176 valence electrons. The number of methoxy groups -OCH3 is 1. The van der Waals surface area contributed by atoms with Gasteiger partial charge in [-0.25, -0.2) is 9.78 Å². The number of morpholine rings is 1.